The molecule has 23 heavy (non-hydrogen) atoms. The summed E-state index contributed by atoms with van der Waals surface area (Å²) in [6, 6.07) is 8.71. The highest BCUT2D eigenvalue weighted by Crippen LogP contribution is 2.25. The third-order valence-corrected chi connectivity index (χ3v) is 3.76. The van der Waals surface area contributed by atoms with Gasteiger partial charge in [0.1, 0.15) is 5.69 Å². The molecule has 0 unspecified atom stereocenters. The van der Waals surface area contributed by atoms with Gasteiger partial charge >= 0.3 is 0 Å². The summed E-state index contributed by atoms with van der Waals surface area (Å²) in [5.41, 5.74) is 1.92. The number of hydrogen-bond acceptors (Lipinski definition) is 3. The van der Waals surface area contributed by atoms with E-state index in [1.54, 1.807) is 48.5 Å². The lowest BCUT2D eigenvalue weighted by Gasteiger charge is -2.16. The first-order valence-corrected chi connectivity index (χ1v) is 8.20. The molecule has 1 amide bonds. The topological polar surface area (TPSA) is 45.2 Å². The summed E-state index contributed by atoms with van der Waals surface area (Å²) in [4.78, 5) is 18.2. The predicted molar refractivity (Wildman–Crippen MR) is 95.9 cm³/mol. The van der Waals surface area contributed by atoms with Crippen LogP contribution in [0.25, 0.3) is 0 Å². The SMILES string of the molecule is CCCCN(C)C(=O)c1cc(Nc2cc(Cl)cc(Cl)c2)ccn1. The van der Waals surface area contributed by atoms with Gasteiger partial charge in [-0.05, 0) is 36.8 Å². The highest BCUT2D eigenvalue weighted by atomic mass is 35.5. The average Bonchev–Trinajstić information content (AvgIpc) is 2.51. The Labute approximate surface area is 146 Å². The van der Waals surface area contributed by atoms with Crippen LogP contribution >= 0.6 is 23.2 Å². The van der Waals surface area contributed by atoms with E-state index in [9.17, 15) is 4.79 Å². The van der Waals surface area contributed by atoms with E-state index < -0.39 is 0 Å². The zero-order valence-corrected chi connectivity index (χ0v) is 14.7. The molecule has 2 rings (SSSR count). The van der Waals surface area contributed by atoms with Crippen LogP contribution in [0.15, 0.2) is 36.5 Å². The maximum Gasteiger partial charge on any atom is 0.272 e. The van der Waals surface area contributed by atoms with E-state index in [1.807, 2.05) is 0 Å². The molecule has 1 aromatic heterocycles. The standard InChI is InChI=1S/C17H19Cl2N3O/c1-3-4-7-22(2)17(23)16-11-14(5-6-20-16)21-15-9-12(18)8-13(19)10-15/h5-6,8-11H,3-4,7H2,1-2H3,(H,20,21). The van der Waals surface area contributed by atoms with Crippen LogP contribution in [-0.2, 0) is 0 Å². The van der Waals surface area contributed by atoms with Gasteiger partial charge in [0, 0.05) is 41.2 Å². The second-order valence-corrected chi connectivity index (χ2v) is 6.17. The van der Waals surface area contributed by atoms with Gasteiger partial charge in [0.15, 0.2) is 0 Å². The van der Waals surface area contributed by atoms with Crippen molar-refractivity contribution in [1.82, 2.24) is 9.88 Å². The Bertz CT molecular complexity index is 671. The Hall–Kier alpha value is -1.78. The summed E-state index contributed by atoms with van der Waals surface area (Å²) in [5.74, 6) is -0.0915. The van der Waals surface area contributed by atoms with E-state index in [1.165, 1.54) is 0 Å². The molecule has 0 aliphatic rings. The number of benzene rings is 1. The molecule has 122 valence electrons. The first-order valence-electron chi connectivity index (χ1n) is 7.44. The quantitative estimate of drug-likeness (QED) is 0.795. The molecule has 0 saturated heterocycles. The van der Waals surface area contributed by atoms with Crippen molar-refractivity contribution in [1.29, 1.82) is 0 Å². The van der Waals surface area contributed by atoms with Gasteiger partial charge in [-0.3, -0.25) is 9.78 Å². The minimum atomic E-state index is -0.0915. The summed E-state index contributed by atoms with van der Waals surface area (Å²) in [5, 5.41) is 4.28. The van der Waals surface area contributed by atoms with Crippen molar-refractivity contribution < 1.29 is 4.79 Å². The van der Waals surface area contributed by atoms with Gasteiger partial charge in [-0.15, -0.1) is 0 Å². The van der Waals surface area contributed by atoms with Crippen molar-refractivity contribution in [3.8, 4) is 0 Å². The van der Waals surface area contributed by atoms with Crippen LogP contribution in [0, 0.1) is 0 Å². The lowest BCUT2D eigenvalue weighted by molar-refractivity contribution is 0.0787. The number of hydrogen-bond donors (Lipinski definition) is 1. The summed E-state index contributed by atoms with van der Waals surface area (Å²) < 4.78 is 0. The highest BCUT2D eigenvalue weighted by molar-refractivity contribution is 6.35. The molecule has 0 aliphatic carbocycles. The van der Waals surface area contributed by atoms with Gasteiger partial charge in [0.25, 0.3) is 5.91 Å². The number of nitrogens with one attached hydrogen (secondary N) is 1. The predicted octanol–water partition coefficient (Wildman–Crippen LogP) is 5.00. The molecule has 1 aromatic carbocycles. The Morgan fingerprint density at radius 3 is 2.52 bits per heavy atom. The number of halogens is 2. The number of pyridine rings is 1. The zero-order valence-electron chi connectivity index (χ0n) is 13.1. The summed E-state index contributed by atoms with van der Waals surface area (Å²) in [6.07, 6.45) is 3.62. The minimum Gasteiger partial charge on any atom is -0.355 e. The Kier molecular flexibility index (Phi) is 6.25. The summed E-state index contributed by atoms with van der Waals surface area (Å²) >= 11 is 12.0. The number of amides is 1. The molecule has 0 atom stereocenters. The third kappa shape index (κ3) is 5.12. The Morgan fingerprint density at radius 2 is 1.87 bits per heavy atom. The molecule has 0 saturated carbocycles. The van der Waals surface area contributed by atoms with Crippen molar-refractivity contribution in [2.75, 3.05) is 18.9 Å². The lowest BCUT2D eigenvalue weighted by atomic mass is 10.2. The van der Waals surface area contributed by atoms with Gasteiger partial charge in [0.05, 0.1) is 0 Å². The maximum atomic E-state index is 12.4. The van der Waals surface area contributed by atoms with E-state index in [2.05, 4.69) is 17.2 Å². The van der Waals surface area contributed by atoms with E-state index >= 15 is 0 Å². The maximum absolute atomic E-state index is 12.4. The fourth-order valence-corrected chi connectivity index (χ4v) is 2.64. The molecule has 0 spiro atoms. The molecule has 4 nitrogen and oxygen atoms in total. The second kappa shape index (κ2) is 8.18. The average molecular weight is 352 g/mol. The molecular formula is C17H19Cl2N3O. The number of aromatic nitrogens is 1. The zero-order chi connectivity index (χ0) is 16.8. The third-order valence-electron chi connectivity index (χ3n) is 3.32. The monoisotopic (exact) mass is 351 g/mol. The normalized spacial score (nSPS) is 10.4. The molecule has 2 aromatic rings. The van der Waals surface area contributed by atoms with Crippen molar-refractivity contribution in [3.05, 3.63) is 52.3 Å². The van der Waals surface area contributed by atoms with Gasteiger partial charge in [-0.25, -0.2) is 0 Å². The van der Waals surface area contributed by atoms with Crippen LogP contribution in [-0.4, -0.2) is 29.4 Å². The smallest absolute Gasteiger partial charge is 0.272 e. The summed E-state index contributed by atoms with van der Waals surface area (Å²) in [6.45, 7) is 2.82. The number of rotatable bonds is 6. The second-order valence-electron chi connectivity index (χ2n) is 5.29. The molecular weight excluding hydrogens is 333 g/mol. The number of unbranched alkanes of at least 4 members (excludes halogenated alkanes) is 1. The van der Waals surface area contributed by atoms with Crippen molar-refractivity contribution in [2.45, 2.75) is 19.8 Å². The van der Waals surface area contributed by atoms with Crippen LogP contribution in [0.1, 0.15) is 30.3 Å². The van der Waals surface area contributed by atoms with E-state index in [0.29, 0.717) is 15.7 Å². The molecule has 1 heterocycles. The number of nitrogens with zero attached hydrogens (tertiary/aromatic N) is 2. The highest BCUT2D eigenvalue weighted by Gasteiger charge is 2.13. The van der Waals surface area contributed by atoms with Crippen molar-refractivity contribution >= 4 is 40.5 Å². The van der Waals surface area contributed by atoms with Gasteiger partial charge < -0.3 is 10.2 Å². The molecule has 0 radical (unpaired) electrons. The molecule has 6 heteroatoms. The van der Waals surface area contributed by atoms with E-state index in [-0.39, 0.29) is 5.91 Å². The molecule has 1 N–H and O–H groups in total. The van der Waals surface area contributed by atoms with Crippen molar-refractivity contribution in [3.63, 3.8) is 0 Å². The molecule has 0 fully saturated rings. The number of carbonyl (C=O) groups excluding carboxylic acids is 1. The Morgan fingerprint density at radius 1 is 1.17 bits per heavy atom. The van der Waals surface area contributed by atoms with Crippen LogP contribution in [0.5, 0.6) is 0 Å². The first-order chi connectivity index (χ1) is 11.0. The lowest BCUT2D eigenvalue weighted by Crippen LogP contribution is -2.28. The van der Waals surface area contributed by atoms with Gasteiger partial charge in [-0.2, -0.15) is 0 Å². The van der Waals surface area contributed by atoms with Gasteiger partial charge in [0.2, 0.25) is 0 Å². The summed E-state index contributed by atoms with van der Waals surface area (Å²) in [7, 11) is 1.79. The van der Waals surface area contributed by atoms with Crippen LogP contribution in [0.4, 0.5) is 11.4 Å². The fourth-order valence-electron chi connectivity index (χ4n) is 2.11. The molecule has 0 bridgehead atoms. The van der Waals surface area contributed by atoms with E-state index in [0.717, 1.165) is 30.8 Å². The van der Waals surface area contributed by atoms with Crippen LogP contribution in [0.2, 0.25) is 10.0 Å². The van der Waals surface area contributed by atoms with Gasteiger partial charge in [-0.1, -0.05) is 36.5 Å². The number of anilines is 2. The number of carbonyl (C=O) groups is 1. The van der Waals surface area contributed by atoms with Crippen molar-refractivity contribution in [2.24, 2.45) is 0 Å². The first kappa shape index (κ1) is 17.6. The fraction of sp³-hybridized carbons (Fsp3) is 0.294. The van der Waals surface area contributed by atoms with E-state index in [4.69, 9.17) is 23.2 Å². The largest absolute Gasteiger partial charge is 0.355 e. The van der Waals surface area contributed by atoms with Crippen LogP contribution in [0.3, 0.4) is 0 Å². The Balaban J connectivity index is 2.14. The molecule has 0 aliphatic heterocycles. The minimum absolute atomic E-state index is 0.0915. The van der Waals surface area contributed by atoms with Crippen LogP contribution < -0.4 is 5.32 Å².